The first-order valence-electron chi connectivity index (χ1n) is 7.97. The van der Waals surface area contributed by atoms with Crippen LogP contribution in [0.5, 0.6) is 0 Å². The Morgan fingerprint density at radius 3 is 2.91 bits per heavy atom. The molecule has 0 N–H and O–H groups in total. The second-order valence-electron chi connectivity index (χ2n) is 5.66. The Hall–Kier alpha value is -1.73. The highest BCUT2D eigenvalue weighted by Gasteiger charge is 2.30. The van der Waals surface area contributed by atoms with Gasteiger partial charge in [0, 0.05) is 0 Å². The minimum Gasteiger partial charge on any atom is -0.466 e. The molecule has 2 aromatic heterocycles. The summed E-state index contributed by atoms with van der Waals surface area (Å²) >= 11 is 1.58. The summed E-state index contributed by atoms with van der Waals surface area (Å²) in [6.07, 6.45) is 1.63. The first-order chi connectivity index (χ1) is 11.2. The molecule has 23 heavy (non-hydrogen) atoms. The van der Waals surface area contributed by atoms with E-state index in [-0.39, 0.29) is 17.9 Å². The molecule has 0 spiro atoms. The van der Waals surface area contributed by atoms with E-state index >= 15 is 0 Å². The van der Waals surface area contributed by atoms with Gasteiger partial charge in [-0.2, -0.15) is 0 Å². The van der Waals surface area contributed by atoms with Gasteiger partial charge < -0.3 is 9.15 Å². The van der Waals surface area contributed by atoms with Crippen LogP contribution in [0.1, 0.15) is 38.6 Å². The number of nitrogens with zero attached hydrogens (tertiary/aromatic N) is 3. The zero-order valence-electron chi connectivity index (χ0n) is 13.4. The van der Waals surface area contributed by atoms with Gasteiger partial charge in [-0.3, -0.25) is 9.69 Å². The van der Waals surface area contributed by atoms with Crippen LogP contribution in [0.4, 0.5) is 0 Å². The van der Waals surface area contributed by atoms with Crippen LogP contribution in [0, 0.1) is 5.92 Å². The summed E-state index contributed by atoms with van der Waals surface area (Å²) in [6, 6.07) is 3.99. The predicted octanol–water partition coefficient (Wildman–Crippen LogP) is 3.13. The molecule has 0 bridgehead atoms. The Labute approximate surface area is 139 Å². The molecule has 6 nitrogen and oxygen atoms in total. The number of aromatic nitrogens is 2. The molecule has 3 rings (SSSR count). The predicted molar refractivity (Wildman–Crippen MR) is 87.0 cm³/mol. The van der Waals surface area contributed by atoms with Crippen molar-refractivity contribution in [2.75, 3.05) is 19.7 Å². The van der Waals surface area contributed by atoms with E-state index in [2.05, 4.69) is 22.0 Å². The van der Waals surface area contributed by atoms with Crippen molar-refractivity contribution in [3.8, 4) is 10.8 Å². The number of esters is 1. The van der Waals surface area contributed by atoms with Crippen molar-refractivity contribution in [1.82, 2.24) is 15.1 Å². The highest BCUT2D eigenvalue weighted by atomic mass is 32.1. The van der Waals surface area contributed by atoms with Crippen LogP contribution in [0.3, 0.4) is 0 Å². The Bertz CT molecular complexity index is 633. The van der Waals surface area contributed by atoms with Crippen molar-refractivity contribution in [1.29, 1.82) is 0 Å². The summed E-state index contributed by atoms with van der Waals surface area (Å²) < 4.78 is 10.9. The van der Waals surface area contributed by atoms with E-state index in [0.717, 1.165) is 30.8 Å². The Morgan fingerprint density at radius 1 is 1.48 bits per heavy atom. The largest absolute Gasteiger partial charge is 0.466 e. The van der Waals surface area contributed by atoms with Gasteiger partial charge in [0.15, 0.2) is 0 Å². The number of rotatable bonds is 5. The molecule has 124 valence electrons. The molecule has 0 unspecified atom stereocenters. The molecule has 1 saturated heterocycles. The monoisotopic (exact) mass is 335 g/mol. The van der Waals surface area contributed by atoms with Gasteiger partial charge in [0.05, 0.1) is 23.4 Å². The van der Waals surface area contributed by atoms with E-state index in [1.807, 2.05) is 24.4 Å². The number of carbonyl (C=O) groups is 1. The van der Waals surface area contributed by atoms with Crippen LogP contribution in [0.15, 0.2) is 21.9 Å². The maximum Gasteiger partial charge on any atom is 0.309 e. The lowest BCUT2D eigenvalue weighted by Gasteiger charge is -2.33. The average molecular weight is 335 g/mol. The smallest absolute Gasteiger partial charge is 0.309 e. The Morgan fingerprint density at radius 2 is 2.26 bits per heavy atom. The molecular formula is C16H21N3O3S. The lowest BCUT2D eigenvalue weighted by Crippen LogP contribution is -2.38. The molecule has 1 fully saturated rings. The number of thiophene rings is 1. The average Bonchev–Trinajstić information content (AvgIpc) is 3.25. The van der Waals surface area contributed by atoms with E-state index in [4.69, 9.17) is 9.15 Å². The third kappa shape index (κ3) is 3.61. The standard InChI is InChI=1S/C16H21N3O3S/c1-3-21-16(20)12-6-8-19(9-7-12)11(2)14-17-18-15(22-14)13-5-4-10-23-13/h4-5,10-12H,3,6-9H2,1-2H3/t11-/m0/s1. The maximum atomic E-state index is 11.8. The molecule has 1 atom stereocenters. The fraction of sp³-hybridized carbons (Fsp3) is 0.562. The van der Waals surface area contributed by atoms with E-state index in [0.29, 0.717) is 18.4 Å². The van der Waals surface area contributed by atoms with E-state index in [9.17, 15) is 4.79 Å². The second kappa shape index (κ2) is 7.23. The molecule has 0 aliphatic carbocycles. The van der Waals surface area contributed by atoms with Crippen molar-refractivity contribution in [2.45, 2.75) is 32.7 Å². The minimum absolute atomic E-state index is 0.0164. The van der Waals surface area contributed by atoms with Gasteiger partial charge in [0.1, 0.15) is 0 Å². The normalized spacial score (nSPS) is 18.0. The van der Waals surface area contributed by atoms with Gasteiger partial charge in [0.2, 0.25) is 5.89 Å². The SMILES string of the molecule is CCOC(=O)C1CCN([C@@H](C)c2nnc(-c3cccs3)o2)CC1. The molecule has 1 aliphatic rings. The van der Waals surface area contributed by atoms with Gasteiger partial charge in [0.25, 0.3) is 5.89 Å². The van der Waals surface area contributed by atoms with Crippen LogP contribution in [0.2, 0.25) is 0 Å². The minimum atomic E-state index is -0.0717. The number of carbonyl (C=O) groups excluding carboxylic acids is 1. The summed E-state index contributed by atoms with van der Waals surface area (Å²) in [7, 11) is 0. The third-order valence-corrected chi connectivity index (χ3v) is 5.09. The maximum absolute atomic E-state index is 11.8. The van der Waals surface area contributed by atoms with Gasteiger partial charge in [-0.1, -0.05) is 6.07 Å². The van der Waals surface area contributed by atoms with Gasteiger partial charge in [-0.15, -0.1) is 21.5 Å². The number of piperidine rings is 1. The van der Waals surface area contributed by atoms with Crippen molar-refractivity contribution in [3.05, 3.63) is 23.4 Å². The number of ether oxygens (including phenoxy) is 1. The van der Waals surface area contributed by atoms with Crippen LogP contribution >= 0.6 is 11.3 Å². The van der Waals surface area contributed by atoms with E-state index < -0.39 is 0 Å². The van der Waals surface area contributed by atoms with Crippen molar-refractivity contribution < 1.29 is 13.9 Å². The van der Waals surface area contributed by atoms with Gasteiger partial charge >= 0.3 is 5.97 Å². The van der Waals surface area contributed by atoms with Crippen LogP contribution in [-0.4, -0.2) is 40.8 Å². The highest BCUT2D eigenvalue weighted by molar-refractivity contribution is 7.13. The number of hydrogen-bond acceptors (Lipinski definition) is 7. The number of hydrogen-bond donors (Lipinski definition) is 0. The van der Waals surface area contributed by atoms with E-state index in [1.165, 1.54) is 0 Å². The fourth-order valence-electron chi connectivity index (χ4n) is 2.84. The fourth-order valence-corrected chi connectivity index (χ4v) is 3.49. The van der Waals surface area contributed by atoms with Gasteiger partial charge in [-0.05, 0) is 51.2 Å². The molecule has 1 aliphatic heterocycles. The molecule has 0 radical (unpaired) electrons. The topological polar surface area (TPSA) is 68.5 Å². The lowest BCUT2D eigenvalue weighted by atomic mass is 9.96. The summed E-state index contributed by atoms with van der Waals surface area (Å²) in [6.45, 7) is 6.03. The van der Waals surface area contributed by atoms with Crippen LogP contribution in [0.25, 0.3) is 10.8 Å². The van der Waals surface area contributed by atoms with Crippen LogP contribution < -0.4 is 0 Å². The summed E-state index contributed by atoms with van der Waals surface area (Å²) in [5.41, 5.74) is 0. The summed E-state index contributed by atoms with van der Waals surface area (Å²) in [5.74, 6) is 1.14. The van der Waals surface area contributed by atoms with E-state index in [1.54, 1.807) is 11.3 Å². The van der Waals surface area contributed by atoms with Crippen molar-refractivity contribution >= 4 is 17.3 Å². The summed E-state index contributed by atoms with van der Waals surface area (Å²) in [4.78, 5) is 15.1. The van der Waals surface area contributed by atoms with Gasteiger partial charge in [-0.25, -0.2) is 0 Å². The molecule has 2 aromatic rings. The highest BCUT2D eigenvalue weighted by Crippen LogP contribution is 2.29. The Kier molecular flexibility index (Phi) is 5.07. The van der Waals surface area contributed by atoms with Crippen molar-refractivity contribution in [3.63, 3.8) is 0 Å². The third-order valence-electron chi connectivity index (χ3n) is 4.23. The quantitative estimate of drug-likeness (QED) is 0.782. The zero-order valence-corrected chi connectivity index (χ0v) is 14.2. The first kappa shape index (κ1) is 16.1. The Balaban J connectivity index is 1.59. The zero-order chi connectivity index (χ0) is 16.2. The molecule has 0 saturated carbocycles. The molecule has 0 aromatic carbocycles. The molecule has 3 heterocycles. The van der Waals surface area contributed by atoms with Crippen molar-refractivity contribution in [2.24, 2.45) is 5.92 Å². The summed E-state index contributed by atoms with van der Waals surface area (Å²) in [5, 5.41) is 10.3. The second-order valence-corrected chi connectivity index (χ2v) is 6.61. The lowest BCUT2D eigenvalue weighted by molar-refractivity contribution is -0.149. The first-order valence-corrected chi connectivity index (χ1v) is 8.85. The number of likely N-dealkylation sites (tertiary alicyclic amines) is 1. The molecular weight excluding hydrogens is 314 g/mol. The molecule has 0 amide bonds. The molecule has 7 heteroatoms. The van der Waals surface area contributed by atoms with Crippen LogP contribution in [-0.2, 0) is 9.53 Å².